The number of nitrogens with zero attached hydrogens (tertiary/aromatic N) is 1. The van der Waals surface area contributed by atoms with Crippen LogP contribution in [0.5, 0.6) is 17.2 Å². The third kappa shape index (κ3) is 2.94. The van der Waals surface area contributed by atoms with Gasteiger partial charge in [0.15, 0.2) is 11.5 Å². The van der Waals surface area contributed by atoms with Crippen LogP contribution in [0.15, 0.2) is 12.1 Å². The summed E-state index contributed by atoms with van der Waals surface area (Å²) < 4.78 is 15.6. The lowest BCUT2D eigenvalue weighted by molar-refractivity contribution is -0.125. The first-order valence-corrected chi connectivity index (χ1v) is 6.76. The van der Waals surface area contributed by atoms with Gasteiger partial charge in [-0.25, -0.2) is 0 Å². The van der Waals surface area contributed by atoms with Gasteiger partial charge in [-0.15, -0.1) is 0 Å². The molecule has 6 nitrogen and oxygen atoms in total. The Labute approximate surface area is 123 Å². The van der Waals surface area contributed by atoms with E-state index in [1.165, 1.54) is 33.5 Å². The van der Waals surface area contributed by atoms with Crippen molar-refractivity contribution in [3.63, 3.8) is 0 Å². The second-order valence-corrected chi connectivity index (χ2v) is 4.74. The summed E-state index contributed by atoms with van der Waals surface area (Å²) in [6.07, 6.45) is 1.88. The Kier molecular flexibility index (Phi) is 4.67. The second-order valence-electron chi connectivity index (χ2n) is 4.74. The van der Waals surface area contributed by atoms with E-state index in [4.69, 9.17) is 14.2 Å². The van der Waals surface area contributed by atoms with Crippen LogP contribution in [-0.4, -0.2) is 51.0 Å². The topological polar surface area (TPSA) is 65.1 Å². The van der Waals surface area contributed by atoms with Gasteiger partial charge in [-0.3, -0.25) is 9.59 Å². The molecule has 0 bridgehead atoms. The molecule has 1 aromatic carbocycles. The Bertz CT molecular complexity index is 524. The van der Waals surface area contributed by atoms with Crippen molar-refractivity contribution in [3.8, 4) is 17.2 Å². The molecule has 0 N–H and O–H groups in total. The molecule has 1 fully saturated rings. The van der Waals surface area contributed by atoms with Crippen molar-refractivity contribution in [2.24, 2.45) is 0 Å². The number of amides is 1. The maximum Gasteiger partial charge on any atom is 0.294 e. The first-order valence-electron chi connectivity index (χ1n) is 6.76. The highest BCUT2D eigenvalue weighted by Crippen LogP contribution is 2.38. The molecule has 1 aliphatic rings. The highest BCUT2D eigenvalue weighted by molar-refractivity contribution is 6.42. The average Bonchev–Trinajstić information content (AvgIpc) is 3.06. The number of hydrogen-bond donors (Lipinski definition) is 0. The number of methoxy groups -OCH3 is 3. The van der Waals surface area contributed by atoms with E-state index in [-0.39, 0.29) is 5.56 Å². The molecule has 1 heterocycles. The lowest BCUT2D eigenvalue weighted by Gasteiger charge is -2.16. The zero-order valence-corrected chi connectivity index (χ0v) is 12.5. The minimum absolute atomic E-state index is 0.237. The highest BCUT2D eigenvalue weighted by atomic mass is 16.5. The molecular weight excluding hydrogens is 274 g/mol. The molecule has 6 heteroatoms. The van der Waals surface area contributed by atoms with Crippen LogP contribution in [0.1, 0.15) is 23.2 Å². The number of rotatable bonds is 5. The largest absolute Gasteiger partial charge is 0.493 e. The van der Waals surface area contributed by atoms with E-state index in [0.717, 1.165) is 12.8 Å². The first-order chi connectivity index (χ1) is 10.1. The Balaban J connectivity index is 2.34. The minimum atomic E-state index is -0.559. The maximum atomic E-state index is 12.3. The van der Waals surface area contributed by atoms with E-state index >= 15 is 0 Å². The van der Waals surface area contributed by atoms with E-state index in [0.29, 0.717) is 30.3 Å². The van der Waals surface area contributed by atoms with Crippen molar-refractivity contribution in [1.82, 2.24) is 4.90 Å². The lowest BCUT2D eigenvalue weighted by atomic mass is 10.1. The molecule has 1 saturated heterocycles. The maximum absolute atomic E-state index is 12.3. The Morgan fingerprint density at radius 3 is 1.90 bits per heavy atom. The molecule has 114 valence electrons. The molecule has 0 atom stereocenters. The molecule has 1 aromatic rings. The third-order valence-corrected chi connectivity index (χ3v) is 3.51. The van der Waals surface area contributed by atoms with Gasteiger partial charge in [0.25, 0.3) is 11.7 Å². The van der Waals surface area contributed by atoms with Crippen molar-refractivity contribution in [3.05, 3.63) is 17.7 Å². The molecule has 0 aliphatic carbocycles. The van der Waals surface area contributed by atoms with Crippen LogP contribution in [0, 0.1) is 0 Å². The molecule has 1 aliphatic heterocycles. The summed E-state index contributed by atoms with van der Waals surface area (Å²) in [7, 11) is 4.42. The van der Waals surface area contributed by atoms with E-state index in [1.54, 1.807) is 4.90 Å². The summed E-state index contributed by atoms with van der Waals surface area (Å²) in [5, 5.41) is 0. The summed E-state index contributed by atoms with van der Waals surface area (Å²) in [5.74, 6) is 0.0620. The number of likely N-dealkylation sites (tertiary alicyclic amines) is 1. The summed E-state index contributed by atoms with van der Waals surface area (Å²) in [4.78, 5) is 26.1. The summed E-state index contributed by atoms with van der Waals surface area (Å²) in [6.45, 7) is 1.27. The van der Waals surface area contributed by atoms with Crippen LogP contribution in [0.3, 0.4) is 0 Å². The quantitative estimate of drug-likeness (QED) is 0.608. The zero-order valence-electron chi connectivity index (χ0n) is 12.5. The fourth-order valence-corrected chi connectivity index (χ4v) is 2.40. The van der Waals surface area contributed by atoms with Gasteiger partial charge in [0.1, 0.15) is 0 Å². The Hall–Kier alpha value is -2.24. The lowest BCUT2D eigenvalue weighted by Crippen LogP contribution is -2.34. The molecule has 1 amide bonds. The first kappa shape index (κ1) is 15.2. The molecule has 2 rings (SSSR count). The average molecular weight is 293 g/mol. The van der Waals surface area contributed by atoms with Crippen LogP contribution in [-0.2, 0) is 4.79 Å². The number of ketones is 1. The van der Waals surface area contributed by atoms with Crippen molar-refractivity contribution in [2.45, 2.75) is 12.8 Å². The number of ether oxygens (including phenoxy) is 3. The third-order valence-electron chi connectivity index (χ3n) is 3.51. The monoisotopic (exact) mass is 293 g/mol. The van der Waals surface area contributed by atoms with Gasteiger partial charge in [-0.05, 0) is 25.0 Å². The minimum Gasteiger partial charge on any atom is -0.493 e. The second kappa shape index (κ2) is 6.47. The molecule has 0 radical (unpaired) electrons. The number of hydrogen-bond acceptors (Lipinski definition) is 5. The highest BCUT2D eigenvalue weighted by Gasteiger charge is 2.27. The fraction of sp³-hybridized carbons (Fsp3) is 0.467. The molecule has 0 unspecified atom stereocenters. The standard InChI is InChI=1S/C15H19NO5/c1-19-11-8-10(9-12(20-2)14(11)21-3)13(17)15(18)16-6-4-5-7-16/h8-9H,4-7H2,1-3H3. The smallest absolute Gasteiger partial charge is 0.294 e. The van der Waals surface area contributed by atoms with Gasteiger partial charge < -0.3 is 19.1 Å². The Morgan fingerprint density at radius 1 is 0.952 bits per heavy atom. The molecule has 0 spiro atoms. The molecule has 0 saturated carbocycles. The van der Waals surface area contributed by atoms with Crippen molar-refractivity contribution < 1.29 is 23.8 Å². The van der Waals surface area contributed by atoms with Gasteiger partial charge >= 0.3 is 0 Å². The summed E-state index contributed by atoms with van der Waals surface area (Å²) in [6, 6.07) is 3.00. The van der Waals surface area contributed by atoms with Gasteiger partial charge in [0.05, 0.1) is 21.3 Å². The van der Waals surface area contributed by atoms with Crippen LogP contribution in [0.25, 0.3) is 0 Å². The van der Waals surface area contributed by atoms with Crippen molar-refractivity contribution in [2.75, 3.05) is 34.4 Å². The number of carbonyl (C=O) groups is 2. The fourth-order valence-electron chi connectivity index (χ4n) is 2.40. The summed E-state index contributed by atoms with van der Waals surface area (Å²) >= 11 is 0. The summed E-state index contributed by atoms with van der Waals surface area (Å²) in [5.41, 5.74) is 0.237. The van der Waals surface area contributed by atoms with E-state index < -0.39 is 11.7 Å². The predicted molar refractivity (Wildman–Crippen MR) is 76.2 cm³/mol. The normalized spacial score (nSPS) is 14.0. The SMILES string of the molecule is COc1cc(C(=O)C(=O)N2CCCC2)cc(OC)c1OC. The van der Waals surface area contributed by atoms with E-state index in [2.05, 4.69) is 0 Å². The van der Waals surface area contributed by atoms with Crippen LogP contribution < -0.4 is 14.2 Å². The van der Waals surface area contributed by atoms with Gasteiger partial charge in [-0.1, -0.05) is 0 Å². The van der Waals surface area contributed by atoms with Gasteiger partial charge in [0, 0.05) is 18.7 Å². The predicted octanol–water partition coefficient (Wildman–Crippen LogP) is 1.52. The number of benzene rings is 1. The number of Topliss-reactive ketones (excluding diaryl/α,β-unsaturated/α-hetero) is 1. The Morgan fingerprint density at radius 2 is 1.48 bits per heavy atom. The van der Waals surface area contributed by atoms with E-state index in [9.17, 15) is 9.59 Å². The van der Waals surface area contributed by atoms with Crippen LogP contribution in [0.2, 0.25) is 0 Å². The van der Waals surface area contributed by atoms with E-state index in [1.807, 2.05) is 0 Å². The molecule has 0 aromatic heterocycles. The van der Waals surface area contributed by atoms with Gasteiger partial charge in [-0.2, -0.15) is 0 Å². The zero-order chi connectivity index (χ0) is 15.4. The van der Waals surface area contributed by atoms with Gasteiger partial charge in [0.2, 0.25) is 5.75 Å². The molecular formula is C15H19NO5. The van der Waals surface area contributed by atoms with Crippen LogP contribution >= 0.6 is 0 Å². The molecule has 21 heavy (non-hydrogen) atoms. The van der Waals surface area contributed by atoms with Crippen molar-refractivity contribution >= 4 is 11.7 Å². The number of carbonyl (C=O) groups excluding carboxylic acids is 2. The van der Waals surface area contributed by atoms with Crippen LogP contribution in [0.4, 0.5) is 0 Å². The van der Waals surface area contributed by atoms with Crippen molar-refractivity contribution in [1.29, 1.82) is 0 Å².